The summed E-state index contributed by atoms with van der Waals surface area (Å²) in [5, 5.41) is 19.1. The third-order valence-corrected chi connectivity index (χ3v) is 4.36. The number of alkyl halides is 3. The van der Waals surface area contributed by atoms with Gasteiger partial charge in [-0.25, -0.2) is 0 Å². The Morgan fingerprint density at radius 2 is 1.85 bits per heavy atom. The number of hydrogen-bond acceptors (Lipinski definition) is 6. The van der Waals surface area contributed by atoms with Crippen LogP contribution in [0.15, 0.2) is 46.7 Å². The van der Waals surface area contributed by atoms with Gasteiger partial charge in [-0.1, -0.05) is 28.5 Å². The third-order valence-electron chi connectivity index (χ3n) is 4.36. The topological polar surface area (TPSA) is 96.1 Å². The van der Waals surface area contributed by atoms with Gasteiger partial charge in [-0.05, 0) is 44.5 Å². The van der Waals surface area contributed by atoms with E-state index in [0.717, 1.165) is 28.8 Å². The number of aryl methyl sites for hydroxylation is 1. The highest BCUT2D eigenvalue weighted by Gasteiger charge is 2.31. The van der Waals surface area contributed by atoms with E-state index in [-0.39, 0.29) is 23.4 Å². The second-order valence-corrected chi connectivity index (χ2v) is 6.73. The van der Waals surface area contributed by atoms with Gasteiger partial charge in [0, 0.05) is 23.7 Å². The lowest BCUT2D eigenvalue weighted by Gasteiger charge is -2.12. The number of nitrogens with zero attached hydrogens (tertiary/aromatic N) is 3. The van der Waals surface area contributed by atoms with Crippen LogP contribution in [0.5, 0.6) is 0 Å². The first-order valence-corrected chi connectivity index (χ1v) is 9.65. The Hall–Kier alpha value is -3.87. The number of hydrogen-bond donors (Lipinski definition) is 1. The number of rotatable bonds is 7. The van der Waals surface area contributed by atoms with E-state index in [1.807, 2.05) is 25.1 Å². The smallest absolute Gasteiger partial charge is 0.399 e. The normalized spacial score (nSPS) is 11.6. The molecule has 0 spiro atoms. The maximum absolute atomic E-state index is 13.0. The van der Waals surface area contributed by atoms with E-state index < -0.39 is 11.7 Å². The lowest BCUT2D eigenvalue weighted by atomic mass is 10.00. The molecule has 1 N–H and O–H groups in total. The van der Waals surface area contributed by atoms with Crippen molar-refractivity contribution in [2.75, 3.05) is 14.2 Å². The first-order valence-electron chi connectivity index (χ1n) is 9.65. The van der Waals surface area contributed by atoms with Crippen LogP contribution in [0.1, 0.15) is 47.2 Å². The van der Waals surface area contributed by atoms with E-state index in [1.54, 1.807) is 20.0 Å². The van der Waals surface area contributed by atoms with Crippen LogP contribution in [-0.4, -0.2) is 32.0 Å². The number of nitriles is 1. The van der Waals surface area contributed by atoms with E-state index in [2.05, 4.69) is 15.6 Å². The van der Waals surface area contributed by atoms with Gasteiger partial charge in [-0.3, -0.25) is 4.79 Å². The third kappa shape index (κ3) is 8.29. The summed E-state index contributed by atoms with van der Waals surface area (Å²) in [6.07, 6.45) is -3.93. The summed E-state index contributed by atoms with van der Waals surface area (Å²) >= 11 is 0. The number of oxime groups is 2. The predicted octanol–water partition coefficient (Wildman–Crippen LogP) is 4.56. The zero-order valence-corrected chi connectivity index (χ0v) is 18.9. The molecule has 0 saturated carbocycles. The van der Waals surface area contributed by atoms with Crippen molar-refractivity contribution >= 4 is 17.8 Å². The minimum Gasteiger partial charge on any atom is -0.399 e. The standard InChI is InChI=1S/C21H20F3N3O2.C2H5NO/c1-13-6-5-7-19(15(3)26-28-4)20(13)12-29-27-14(2)17-8-16(11-25)9-18(10-17)21(22,23)24;1-3-2-4/h5-10H,12H2,1-4H3;2H,1H3,(H,3,4)/b26-15-,27-14+;. The van der Waals surface area contributed by atoms with Crippen LogP contribution in [-0.2, 0) is 27.3 Å². The van der Waals surface area contributed by atoms with Gasteiger partial charge in [-0.15, -0.1) is 0 Å². The number of carbonyl (C=O) groups is 1. The first-order chi connectivity index (χ1) is 15.6. The molecule has 0 atom stereocenters. The molecule has 0 aliphatic rings. The van der Waals surface area contributed by atoms with Crippen LogP contribution in [0.25, 0.3) is 0 Å². The Morgan fingerprint density at radius 3 is 2.39 bits per heavy atom. The molecule has 0 aliphatic heterocycles. The van der Waals surface area contributed by atoms with Crippen LogP contribution < -0.4 is 5.32 Å². The van der Waals surface area contributed by atoms with E-state index >= 15 is 0 Å². The van der Waals surface area contributed by atoms with Crippen molar-refractivity contribution in [1.82, 2.24) is 5.32 Å². The van der Waals surface area contributed by atoms with Gasteiger partial charge in [0.25, 0.3) is 0 Å². The Balaban J connectivity index is 0.00000125. The highest BCUT2D eigenvalue weighted by Crippen LogP contribution is 2.30. The van der Waals surface area contributed by atoms with Gasteiger partial charge in [0.15, 0.2) is 0 Å². The van der Waals surface area contributed by atoms with E-state index in [4.69, 9.17) is 19.7 Å². The molecule has 0 aliphatic carbocycles. The second kappa shape index (κ2) is 12.9. The zero-order chi connectivity index (χ0) is 25.0. The van der Waals surface area contributed by atoms with Gasteiger partial charge >= 0.3 is 6.18 Å². The fraction of sp³-hybridized carbons (Fsp3) is 0.304. The van der Waals surface area contributed by atoms with Crippen molar-refractivity contribution in [1.29, 1.82) is 5.26 Å². The molecule has 2 aromatic rings. The van der Waals surface area contributed by atoms with Gasteiger partial charge < -0.3 is 15.0 Å². The molecule has 2 rings (SSSR count). The fourth-order valence-electron chi connectivity index (χ4n) is 2.73. The Kier molecular flexibility index (Phi) is 10.6. The molecule has 176 valence electrons. The zero-order valence-electron chi connectivity index (χ0n) is 18.9. The highest BCUT2D eigenvalue weighted by molar-refractivity contribution is 6.00. The second-order valence-electron chi connectivity index (χ2n) is 6.73. The molecule has 0 heterocycles. The summed E-state index contributed by atoms with van der Waals surface area (Å²) in [5.41, 5.74) is 2.66. The molecule has 0 saturated heterocycles. The fourth-order valence-corrected chi connectivity index (χ4v) is 2.73. The lowest BCUT2D eigenvalue weighted by molar-refractivity contribution is -0.137. The number of halogens is 3. The first kappa shape index (κ1) is 27.2. The van der Waals surface area contributed by atoms with Crippen LogP contribution in [0, 0.1) is 18.3 Å². The number of carbonyl (C=O) groups excluding carboxylic acids is 1. The van der Waals surface area contributed by atoms with Crippen molar-refractivity contribution in [2.45, 2.75) is 33.6 Å². The van der Waals surface area contributed by atoms with Crippen molar-refractivity contribution in [3.8, 4) is 6.07 Å². The Morgan fingerprint density at radius 1 is 1.18 bits per heavy atom. The van der Waals surface area contributed by atoms with Crippen molar-refractivity contribution in [2.24, 2.45) is 10.3 Å². The molecule has 0 aromatic heterocycles. The summed E-state index contributed by atoms with van der Waals surface area (Å²) in [5.74, 6) is 0. The summed E-state index contributed by atoms with van der Waals surface area (Å²) < 4.78 is 39.1. The predicted molar refractivity (Wildman–Crippen MR) is 119 cm³/mol. The Bertz CT molecular complexity index is 1060. The molecule has 0 radical (unpaired) electrons. The summed E-state index contributed by atoms with van der Waals surface area (Å²) in [4.78, 5) is 19.3. The van der Waals surface area contributed by atoms with Crippen molar-refractivity contribution in [3.05, 3.63) is 69.8 Å². The highest BCUT2D eigenvalue weighted by atomic mass is 19.4. The summed E-state index contributed by atoms with van der Waals surface area (Å²) in [6, 6.07) is 10.5. The molecular weight excluding hydrogens is 437 g/mol. The van der Waals surface area contributed by atoms with Gasteiger partial charge in [0.2, 0.25) is 6.41 Å². The van der Waals surface area contributed by atoms with E-state index in [1.165, 1.54) is 20.1 Å². The van der Waals surface area contributed by atoms with Crippen molar-refractivity contribution < 1.29 is 27.6 Å². The number of benzene rings is 2. The molecule has 7 nitrogen and oxygen atoms in total. The molecule has 0 bridgehead atoms. The maximum atomic E-state index is 13.0. The average Bonchev–Trinajstić information content (AvgIpc) is 2.79. The minimum absolute atomic E-state index is 0.0972. The van der Waals surface area contributed by atoms with E-state index in [0.29, 0.717) is 12.1 Å². The molecule has 0 unspecified atom stereocenters. The van der Waals surface area contributed by atoms with Gasteiger partial charge in [-0.2, -0.15) is 18.4 Å². The molecular formula is C23H25F3N4O3. The van der Waals surface area contributed by atoms with Crippen LogP contribution in [0.4, 0.5) is 13.2 Å². The van der Waals surface area contributed by atoms with Crippen molar-refractivity contribution in [3.63, 3.8) is 0 Å². The van der Waals surface area contributed by atoms with E-state index in [9.17, 15) is 13.2 Å². The largest absolute Gasteiger partial charge is 0.416 e. The molecule has 1 amide bonds. The quantitative estimate of drug-likeness (QED) is 0.371. The molecule has 10 heteroatoms. The van der Waals surface area contributed by atoms with Crippen LogP contribution >= 0.6 is 0 Å². The van der Waals surface area contributed by atoms with Crippen LogP contribution in [0.3, 0.4) is 0 Å². The monoisotopic (exact) mass is 462 g/mol. The molecule has 0 fully saturated rings. The average molecular weight is 462 g/mol. The Labute approximate surface area is 190 Å². The van der Waals surface area contributed by atoms with Gasteiger partial charge in [0.05, 0.1) is 28.6 Å². The number of nitrogens with one attached hydrogen (secondary N) is 1. The van der Waals surface area contributed by atoms with Gasteiger partial charge in [0.1, 0.15) is 13.7 Å². The molecule has 33 heavy (non-hydrogen) atoms. The summed E-state index contributed by atoms with van der Waals surface area (Å²) in [7, 11) is 3.01. The maximum Gasteiger partial charge on any atom is 0.416 e. The SMILES string of the molecule is CNC=O.CO/N=C(/C)c1cccc(C)c1CO/N=C(\C)c1cc(C#N)cc(C(F)(F)F)c1. The minimum atomic E-state index is -4.56. The lowest BCUT2D eigenvalue weighted by Crippen LogP contribution is -2.08. The number of amides is 1. The summed E-state index contributed by atoms with van der Waals surface area (Å²) in [6.45, 7) is 5.32. The molecule has 2 aromatic carbocycles. The van der Waals surface area contributed by atoms with Crippen LogP contribution in [0.2, 0.25) is 0 Å².